The van der Waals surface area contributed by atoms with Crippen LogP contribution in [0.15, 0.2) is 27.9 Å². The van der Waals surface area contributed by atoms with E-state index in [0.717, 1.165) is 36.1 Å². The number of piperazine rings is 1. The van der Waals surface area contributed by atoms with Crippen molar-refractivity contribution >= 4 is 37.5 Å². The number of hydrogen-bond donors (Lipinski definition) is 0. The molecule has 1 aromatic heterocycles. The third-order valence-electron chi connectivity index (χ3n) is 5.41. The Labute approximate surface area is 155 Å². The summed E-state index contributed by atoms with van der Waals surface area (Å²) in [6.45, 7) is 1.50. The number of nitrogens with zero attached hydrogens (tertiary/aromatic N) is 3. The third-order valence-corrected chi connectivity index (χ3v) is 8.30. The van der Waals surface area contributed by atoms with Gasteiger partial charge in [0.2, 0.25) is 15.9 Å². The maximum absolute atomic E-state index is 12.9. The van der Waals surface area contributed by atoms with Gasteiger partial charge in [-0.25, -0.2) is 8.42 Å². The minimum Gasteiger partial charge on any atom is -0.340 e. The van der Waals surface area contributed by atoms with Gasteiger partial charge in [0.25, 0.3) is 0 Å². The zero-order chi connectivity index (χ0) is 18.5. The lowest BCUT2D eigenvalue weighted by atomic mass is 9.84. The van der Waals surface area contributed by atoms with Crippen molar-refractivity contribution < 1.29 is 13.2 Å². The lowest BCUT2D eigenvalue weighted by molar-refractivity contribution is -0.139. The molecule has 26 heavy (non-hydrogen) atoms. The summed E-state index contributed by atoms with van der Waals surface area (Å²) in [6.07, 6.45) is 3.02. The van der Waals surface area contributed by atoms with Gasteiger partial charge in [0, 0.05) is 39.1 Å². The van der Waals surface area contributed by atoms with E-state index in [1.807, 2.05) is 0 Å². The molecule has 7 nitrogen and oxygen atoms in total. The van der Waals surface area contributed by atoms with Crippen molar-refractivity contribution in [2.24, 2.45) is 13.0 Å². The van der Waals surface area contributed by atoms with Gasteiger partial charge in [-0.15, -0.1) is 0 Å². The van der Waals surface area contributed by atoms with E-state index in [0.29, 0.717) is 30.9 Å². The SMILES string of the molecule is Cn1c(=O)sc2cc(S(=O)(=O)N3CCN(C(=O)C4CCC4)CC3)ccc21. The van der Waals surface area contributed by atoms with Gasteiger partial charge in [-0.3, -0.25) is 9.59 Å². The highest BCUT2D eigenvalue weighted by molar-refractivity contribution is 7.89. The average Bonchev–Trinajstić information content (AvgIpc) is 2.87. The molecule has 1 saturated heterocycles. The Balaban J connectivity index is 1.52. The van der Waals surface area contributed by atoms with Crippen LogP contribution in [0.1, 0.15) is 19.3 Å². The molecule has 0 atom stereocenters. The first-order chi connectivity index (χ1) is 12.4. The number of benzene rings is 1. The van der Waals surface area contributed by atoms with Gasteiger partial charge in [-0.05, 0) is 31.0 Å². The zero-order valence-corrected chi connectivity index (χ0v) is 16.2. The van der Waals surface area contributed by atoms with Crippen molar-refractivity contribution in [1.82, 2.24) is 13.8 Å². The fourth-order valence-corrected chi connectivity index (χ4v) is 5.93. The van der Waals surface area contributed by atoms with Crippen molar-refractivity contribution in [3.63, 3.8) is 0 Å². The number of thiazole rings is 1. The summed E-state index contributed by atoms with van der Waals surface area (Å²) in [5.74, 6) is 0.310. The fraction of sp³-hybridized carbons (Fsp3) is 0.529. The maximum atomic E-state index is 12.9. The molecule has 2 heterocycles. The van der Waals surface area contributed by atoms with Gasteiger partial charge in [-0.1, -0.05) is 17.8 Å². The first-order valence-corrected chi connectivity index (χ1v) is 11.0. The molecule has 2 aromatic rings. The van der Waals surface area contributed by atoms with Crippen LogP contribution in [-0.2, 0) is 21.9 Å². The van der Waals surface area contributed by atoms with E-state index in [1.165, 1.54) is 8.87 Å². The Bertz CT molecular complexity index is 1010. The van der Waals surface area contributed by atoms with E-state index >= 15 is 0 Å². The van der Waals surface area contributed by atoms with Gasteiger partial charge in [0.1, 0.15) is 0 Å². The van der Waals surface area contributed by atoms with Gasteiger partial charge in [0.05, 0.1) is 15.1 Å². The Kier molecular flexibility index (Phi) is 4.40. The molecule has 1 aliphatic heterocycles. The predicted octanol–water partition coefficient (Wildman–Crippen LogP) is 1.23. The molecule has 0 spiro atoms. The van der Waals surface area contributed by atoms with E-state index < -0.39 is 10.0 Å². The number of sulfonamides is 1. The summed E-state index contributed by atoms with van der Waals surface area (Å²) >= 11 is 1.04. The van der Waals surface area contributed by atoms with E-state index in [-0.39, 0.29) is 21.6 Å². The second-order valence-corrected chi connectivity index (χ2v) is 9.84. The van der Waals surface area contributed by atoms with Crippen LogP contribution < -0.4 is 4.87 Å². The van der Waals surface area contributed by atoms with Crippen LogP contribution >= 0.6 is 11.3 Å². The number of carbonyl (C=O) groups excluding carboxylic acids is 1. The molecule has 2 aliphatic rings. The third kappa shape index (κ3) is 2.87. The van der Waals surface area contributed by atoms with Crippen molar-refractivity contribution in [2.45, 2.75) is 24.2 Å². The Morgan fingerprint density at radius 2 is 1.85 bits per heavy atom. The fourth-order valence-electron chi connectivity index (χ4n) is 3.49. The number of aryl methyl sites for hydroxylation is 1. The molecule has 4 rings (SSSR count). The topological polar surface area (TPSA) is 79.7 Å². The quantitative estimate of drug-likeness (QED) is 0.783. The average molecular weight is 396 g/mol. The molecule has 0 N–H and O–H groups in total. The standard InChI is InChI=1S/C17H21N3O4S2/c1-18-14-6-5-13(11-15(14)25-17(18)22)26(23,24)20-9-7-19(8-10-20)16(21)12-3-2-4-12/h5-6,11-12H,2-4,7-10H2,1H3. The second-order valence-electron chi connectivity index (χ2n) is 6.91. The minimum absolute atomic E-state index is 0.113. The number of carbonyl (C=O) groups is 1. The first-order valence-electron chi connectivity index (χ1n) is 8.76. The molecule has 1 aliphatic carbocycles. The van der Waals surface area contributed by atoms with Gasteiger partial charge < -0.3 is 9.47 Å². The zero-order valence-electron chi connectivity index (χ0n) is 14.6. The number of amides is 1. The number of aromatic nitrogens is 1. The predicted molar refractivity (Wildman–Crippen MR) is 99.7 cm³/mol. The van der Waals surface area contributed by atoms with Crippen molar-refractivity contribution in [3.05, 3.63) is 27.9 Å². The molecule has 9 heteroatoms. The molecule has 1 aromatic carbocycles. The monoisotopic (exact) mass is 395 g/mol. The van der Waals surface area contributed by atoms with Crippen LogP contribution in [0.2, 0.25) is 0 Å². The second kappa shape index (κ2) is 6.47. The van der Waals surface area contributed by atoms with E-state index in [4.69, 9.17) is 0 Å². The van der Waals surface area contributed by atoms with Gasteiger partial charge in [0.15, 0.2) is 0 Å². The van der Waals surface area contributed by atoms with Crippen LogP contribution in [-0.4, -0.2) is 54.3 Å². The van der Waals surface area contributed by atoms with Gasteiger partial charge >= 0.3 is 4.87 Å². The number of fused-ring (bicyclic) bond motifs is 1. The summed E-state index contributed by atoms with van der Waals surface area (Å²) in [6, 6.07) is 4.80. The molecular formula is C17H21N3O4S2. The van der Waals surface area contributed by atoms with Crippen LogP contribution in [0.4, 0.5) is 0 Å². The van der Waals surface area contributed by atoms with E-state index in [1.54, 1.807) is 30.1 Å². The van der Waals surface area contributed by atoms with Crippen molar-refractivity contribution in [2.75, 3.05) is 26.2 Å². The molecule has 1 amide bonds. The van der Waals surface area contributed by atoms with Crippen molar-refractivity contribution in [3.8, 4) is 0 Å². The highest BCUT2D eigenvalue weighted by atomic mass is 32.2. The van der Waals surface area contributed by atoms with Gasteiger partial charge in [-0.2, -0.15) is 4.31 Å². The highest BCUT2D eigenvalue weighted by Crippen LogP contribution is 2.29. The maximum Gasteiger partial charge on any atom is 0.307 e. The molecule has 0 unspecified atom stereocenters. The first kappa shape index (κ1) is 17.7. The Hall–Kier alpha value is -1.71. The Morgan fingerprint density at radius 3 is 2.46 bits per heavy atom. The highest BCUT2D eigenvalue weighted by Gasteiger charge is 2.34. The Morgan fingerprint density at radius 1 is 1.15 bits per heavy atom. The summed E-state index contributed by atoms with van der Waals surface area (Å²) in [5.41, 5.74) is 0.731. The largest absolute Gasteiger partial charge is 0.340 e. The van der Waals surface area contributed by atoms with Crippen LogP contribution in [0.3, 0.4) is 0 Å². The minimum atomic E-state index is -3.63. The van der Waals surface area contributed by atoms with Crippen molar-refractivity contribution in [1.29, 1.82) is 0 Å². The van der Waals surface area contributed by atoms with E-state index in [9.17, 15) is 18.0 Å². The molecule has 140 valence electrons. The molecule has 1 saturated carbocycles. The van der Waals surface area contributed by atoms with Crippen LogP contribution in [0.25, 0.3) is 10.2 Å². The van der Waals surface area contributed by atoms with Crippen LogP contribution in [0, 0.1) is 5.92 Å². The number of rotatable bonds is 3. The molecule has 2 fully saturated rings. The summed E-state index contributed by atoms with van der Waals surface area (Å²) in [4.78, 5) is 26.0. The summed E-state index contributed by atoms with van der Waals surface area (Å²) in [5, 5.41) is 0. The lowest BCUT2D eigenvalue weighted by Gasteiger charge is -2.37. The smallest absolute Gasteiger partial charge is 0.307 e. The summed E-state index contributed by atoms with van der Waals surface area (Å²) in [7, 11) is -1.95. The molecule has 0 bridgehead atoms. The van der Waals surface area contributed by atoms with E-state index in [2.05, 4.69) is 0 Å². The normalized spacial score (nSPS) is 19.7. The molecular weight excluding hydrogens is 374 g/mol. The summed E-state index contributed by atoms with van der Waals surface area (Å²) < 4.78 is 29.5. The number of hydrogen-bond acceptors (Lipinski definition) is 5. The lowest BCUT2D eigenvalue weighted by Crippen LogP contribution is -2.52. The van der Waals surface area contributed by atoms with Crippen LogP contribution in [0.5, 0.6) is 0 Å². The molecule has 0 radical (unpaired) electrons.